The second-order valence-electron chi connectivity index (χ2n) is 4.68. The van der Waals surface area contributed by atoms with E-state index in [1.54, 1.807) is 29.5 Å². The molecule has 1 N–H and O–H groups in total. The molecule has 1 amide bonds. The number of amides is 1. The molecule has 5 heteroatoms. The molecule has 3 nitrogen and oxygen atoms in total. The molecule has 2 aromatic carbocycles. The summed E-state index contributed by atoms with van der Waals surface area (Å²) in [6, 6.07) is 13.8. The number of halogens is 1. The van der Waals surface area contributed by atoms with Crippen molar-refractivity contribution in [3.05, 3.63) is 71.0 Å². The normalized spacial score (nSPS) is 11.1. The smallest absolute Gasteiger partial charge is 0.244 e. The summed E-state index contributed by atoms with van der Waals surface area (Å²) >= 11 is 1.56. The number of hydrogen-bond acceptors (Lipinski definition) is 3. The molecule has 1 aromatic heterocycles. The summed E-state index contributed by atoms with van der Waals surface area (Å²) in [5.41, 5.74) is 1.72. The number of aromatic nitrogens is 1. The molecule has 110 valence electrons. The predicted octanol–water partition coefficient (Wildman–Crippen LogP) is 3.77. The zero-order valence-corrected chi connectivity index (χ0v) is 12.4. The Morgan fingerprint density at radius 1 is 1.18 bits per heavy atom. The minimum absolute atomic E-state index is 0.205. The largest absolute Gasteiger partial charge is 0.346 e. The first-order valence-corrected chi connectivity index (χ1v) is 7.58. The van der Waals surface area contributed by atoms with Gasteiger partial charge in [0, 0.05) is 6.08 Å². The minimum atomic E-state index is -0.294. The highest BCUT2D eigenvalue weighted by atomic mass is 32.1. The Kier molecular flexibility index (Phi) is 4.25. The van der Waals surface area contributed by atoms with Gasteiger partial charge in [0.15, 0.2) is 0 Å². The van der Waals surface area contributed by atoms with E-state index in [1.165, 1.54) is 18.2 Å². The van der Waals surface area contributed by atoms with Crippen LogP contribution in [0, 0.1) is 5.82 Å². The summed E-state index contributed by atoms with van der Waals surface area (Å²) in [4.78, 5) is 16.2. The maximum Gasteiger partial charge on any atom is 0.244 e. The Morgan fingerprint density at radius 2 is 1.95 bits per heavy atom. The van der Waals surface area contributed by atoms with Gasteiger partial charge in [-0.1, -0.05) is 24.3 Å². The van der Waals surface area contributed by atoms with Gasteiger partial charge < -0.3 is 5.32 Å². The lowest BCUT2D eigenvalue weighted by molar-refractivity contribution is -0.116. The SMILES string of the molecule is O=C(C=Cc1ccc(F)cc1)NCc1nc2ccccc2s1. The molecule has 0 unspecified atom stereocenters. The Morgan fingerprint density at radius 3 is 2.73 bits per heavy atom. The second kappa shape index (κ2) is 6.49. The van der Waals surface area contributed by atoms with Gasteiger partial charge in [-0.3, -0.25) is 4.79 Å². The molecule has 22 heavy (non-hydrogen) atoms. The maximum absolute atomic E-state index is 12.8. The molecule has 0 atom stereocenters. The molecule has 1 heterocycles. The minimum Gasteiger partial charge on any atom is -0.346 e. The standard InChI is InChI=1S/C17H13FN2OS/c18-13-8-5-12(6-9-13)7-10-16(21)19-11-17-20-14-3-1-2-4-15(14)22-17/h1-10H,11H2,(H,19,21). The van der Waals surface area contributed by atoms with Gasteiger partial charge in [-0.2, -0.15) is 0 Å². The first kappa shape index (κ1) is 14.4. The third kappa shape index (κ3) is 3.56. The van der Waals surface area contributed by atoms with Crippen LogP contribution in [0.15, 0.2) is 54.6 Å². The predicted molar refractivity (Wildman–Crippen MR) is 86.9 cm³/mol. The Balaban J connectivity index is 1.58. The lowest BCUT2D eigenvalue weighted by Gasteiger charge is -1.98. The van der Waals surface area contributed by atoms with Crippen molar-refractivity contribution in [2.24, 2.45) is 0 Å². The molecule has 0 aliphatic rings. The van der Waals surface area contributed by atoms with Crippen molar-refractivity contribution in [3.8, 4) is 0 Å². The molecule has 0 saturated heterocycles. The number of rotatable bonds is 4. The Hall–Kier alpha value is -2.53. The molecule has 3 rings (SSSR count). The maximum atomic E-state index is 12.8. The summed E-state index contributed by atoms with van der Waals surface area (Å²) in [6.45, 7) is 0.395. The van der Waals surface area contributed by atoms with Crippen molar-refractivity contribution in [2.45, 2.75) is 6.54 Å². The summed E-state index contributed by atoms with van der Waals surface area (Å²) in [7, 11) is 0. The van der Waals surface area contributed by atoms with Crippen LogP contribution in [0.3, 0.4) is 0 Å². The van der Waals surface area contributed by atoms with Crippen LogP contribution in [-0.4, -0.2) is 10.9 Å². The van der Waals surface area contributed by atoms with Crippen LogP contribution in [-0.2, 0) is 11.3 Å². The topological polar surface area (TPSA) is 42.0 Å². The average Bonchev–Trinajstić information content (AvgIpc) is 2.95. The van der Waals surface area contributed by atoms with Crippen molar-refractivity contribution >= 4 is 33.5 Å². The van der Waals surface area contributed by atoms with Gasteiger partial charge >= 0.3 is 0 Å². The van der Waals surface area contributed by atoms with E-state index in [1.807, 2.05) is 24.3 Å². The van der Waals surface area contributed by atoms with Crippen molar-refractivity contribution in [2.75, 3.05) is 0 Å². The quantitative estimate of drug-likeness (QED) is 0.745. The number of para-hydroxylation sites is 1. The van der Waals surface area contributed by atoms with Crippen molar-refractivity contribution in [3.63, 3.8) is 0 Å². The van der Waals surface area contributed by atoms with Gasteiger partial charge in [0.05, 0.1) is 16.8 Å². The highest BCUT2D eigenvalue weighted by molar-refractivity contribution is 7.18. The van der Waals surface area contributed by atoms with Crippen LogP contribution in [0.5, 0.6) is 0 Å². The van der Waals surface area contributed by atoms with E-state index in [2.05, 4.69) is 10.3 Å². The van der Waals surface area contributed by atoms with Crippen LogP contribution < -0.4 is 5.32 Å². The highest BCUT2D eigenvalue weighted by Crippen LogP contribution is 2.21. The summed E-state index contributed by atoms with van der Waals surface area (Å²) in [6.07, 6.45) is 3.08. The third-order valence-corrected chi connectivity index (χ3v) is 4.09. The van der Waals surface area contributed by atoms with E-state index in [0.29, 0.717) is 6.54 Å². The number of thiazole rings is 1. The van der Waals surface area contributed by atoms with Gasteiger partial charge in [-0.25, -0.2) is 9.37 Å². The molecular formula is C17H13FN2OS. The third-order valence-electron chi connectivity index (χ3n) is 3.05. The number of nitrogens with one attached hydrogen (secondary N) is 1. The lowest BCUT2D eigenvalue weighted by atomic mass is 10.2. The van der Waals surface area contributed by atoms with E-state index in [9.17, 15) is 9.18 Å². The summed E-state index contributed by atoms with van der Waals surface area (Å²) < 4.78 is 13.9. The van der Waals surface area contributed by atoms with Crippen molar-refractivity contribution in [1.29, 1.82) is 0 Å². The van der Waals surface area contributed by atoms with E-state index >= 15 is 0 Å². The van der Waals surface area contributed by atoms with Crippen LogP contribution in [0.25, 0.3) is 16.3 Å². The average molecular weight is 312 g/mol. The molecule has 0 aliphatic heterocycles. The lowest BCUT2D eigenvalue weighted by Crippen LogP contribution is -2.19. The molecule has 0 fully saturated rings. The number of fused-ring (bicyclic) bond motifs is 1. The molecule has 0 bridgehead atoms. The first-order chi connectivity index (χ1) is 10.7. The van der Waals surface area contributed by atoms with E-state index in [4.69, 9.17) is 0 Å². The fraction of sp³-hybridized carbons (Fsp3) is 0.0588. The van der Waals surface area contributed by atoms with E-state index in [0.717, 1.165) is 20.8 Å². The fourth-order valence-corrected chi connectivity index (χ4v) is 2.87. The zero-order chi connectivity index (χ0) is 15.4. The van der Waals surface area contributed by atoms with E-state index in [-0.39, 0.29) is 11.7 Å². The Bertz CT molecular complexity index is 791. The van der Waals surface area contributed by atoms with Crippen LogP contribution in [0.4, 0.5) is 4.39 Å². The zero-order valence-electron chi connectivity index (χ0n) is 11.6. The molecule has 0 spiro atoms. The monoisotopic (exact) mass is 312 g/mol. The van der Waals surface area contributed by atoms with Gasteiger partial charge in [-0.15, -0.1) is 11.3 Å². The van der Waals surface area contributed by atoms with Gasteiger partial charge in [0.1, 0.15) is 10.8 Å². The molecule has 0 aliphatic carbocycles. The highest BCUT2D eigenvalue weighted by Gasteiger charge is 2.03. The Labute approximate surface area is 131 Å². The summed E-state index contributed by atoms with van der Waals surface area (Å²) in [5.74, 6) is -0.499. The molecule has 0 saturated carbocycles. The number of benzene rings is 2. The number of hydrogen-bond donors (Lipinski definition) is 1. The van der Waals surface area contributed by atoms with Gasteiger partial charge in [0.2, 0.25) is 5.91 Å². The summed E-state index contributed by atoms with van der Waals surface area (Å²) in [5, 5.41) is 3.66. The van der Waals surface area contributed by atoms with Crippen LogP contribution in [0.2, 0.25) is 0 Å². The number of carbonyl (C=O) groups excluding carboxylic acids is 1. The van der Waals surface area contributed by atoms with E-state index < -0.39 is 0 Å². The van der Waals surface area contributed by atoms with Crippen molar-refractivity contribution in [1.82, 2.24) is 10.3 Å². The number of nitrogens with zero attached hydrogens (tertiary/aromatic N) is 1. The number of carbonyl (C=O) groups is 1. The van der Waals surface area contributed by atoms with Crippen molar-refractivity contribution < 1.29 is 9.18 Å². The van der Waals surface area contributed by atoms with Gasteiger partial charge in [-0.05, 0) is 35.9 Å². The molecule has 0 radical (unpaired) electrons. The molecule has 3 aromatic rings. The fourth-order valence-electron chi connectivity index (χ4n) is 1.96. The molecular weight excluding hydrogens is 299 g/mol. The first-order valence-electron chi connectivity index (χ1n) is 6.77. The van der Waals surface area contributed by atoms with Crippen LogP contribution >= 0.6 is 11.3 Å². The second-order valence-corrected chi connectivity index (χ2v) is 5.79. The van der Waals surface area contributed by atoms with Crippen LogP contribution in [0.1, 0.15) is 10.6 Å². The van der Waals surface area contributed by atoms with Gasteiger partial charge in [0.25, 0.3) is 0 Å².